The molecule has 0 spiro atoms. The van der Waals surface area contributed by atoms with Crippen LogP contribution in [-0.2, 0) is 19.2 Å². The van der Waals surface area contributed by atoms with Crippen LogP contribution >= 0.6 is 11.8 Å². The van der Waals surface area contributed by atoms with Crippen LogP contribution in [0.15, 0.2) is 0 Å². The molecule has 2 atom stereocenters. The van der Waals surface area contributed by atoms with E-state index in [1.165, 1.54) is 11.8 Å². The predicted molar refractivity (Wildman–Crippen MR) is 91.4 cm³/mol. The molecule has 0 saturated carbocycles. The third kappa shape index (κ3) is 8.73. The number of hydrogen-bond acceptors (Lipinski definition) is 6. The van der Waals surface area contributed by atoms with Gasteiger partial charge in [-0.1, -0.05) is 13.8 Å². The van der Waals surface area contributed by atoms with Gasteiger partial charge in [0.2, 0.25) is 17.7 Å². The molecule has 10 heteroatoms. The highest BCUT2D eigenvalue weighted by atomic mass is 32.2. The number of carboxylic acids is 1. The molecule has 0 aromatic rings. The average molecular weight is 362 g/mol. The largest absolute Gasteiger partial charge is 0.480 e. The lowest BCUT2D eigenvalue weighted by Gasteiger charge is -2.21. The van der Waals surface area contributed by atoms with Gasteiger partial charge >= 0.3 is 5.97 Å². The molecule has 24 heavy (non-hydrogen) atoms. The monoisotopic (exact) mass is 362 g/mol. The molecule has 0 fully saturated rings. The Balaban J connectivity index is 4.51. The van der Waals surface area contributed by atoms with E-state index in [1.54, 1.807) is 13.8 Å². The van der Waals surface area contributed by atoms with Gasteiger partial charge in [0, 0.05) is 0 Å². The van der Waals surface area contributed by atoms with Crippen molar-refractivity contribution in [2.75, 3.05) is 25.1 Å². The van der Waals surface area contributed by atoms with Gasteiger partial charge < -0.3 is 26.8 Å². The molecule has 0 saturated heterocycles. The van der Waals surface area contributed by atoms with Crippen LogP contribution in [0.25, 0.3) is 0 Å². The summed E-state index contributed by atoms with van der Waals surface area (Å²) in [6.07, 6.45) is 2.13. The fourth-order valence-electron chi connectivity index (χ4n) is 1.78. The van der Waals surface area contributed by atoms with Crippen molar-refractivity contribution in [1.29, 1.82) is 0 Å². The van der Waals surface area contributed by atoms with E-state index >= 15 is 0 Å². The van der Waals surface area contributed by atoms with Crippen molar-refractivity contribution in [1.82, 2.24) is 16.0 Å². The predicted octanol–water partition coefficient (Wildman–Crippen LogP) is -1.48. The molecule has 0 heterocycles. The Morgan fingerprint density at radius 2 is 1.75 bits per heavy atom. The first-order valence-electron chi connectivity index (χ1n) is 7.51. The van der Waals surface area contributed by atoms with E-state index in [0.717, 1.165) is 0 Å². The van der Waals surface area contributed by atoms with Crippen LogP contribution in [0, 0.1) is 5.92 Å². The van der Waals surface area contributed by atoms with E-state index in [-0.39, 0.29) is 25.4 Å². The van der Waals surface area contributed by atoms with Crippen LogP contribution in [0.3, 0.4) is 0 Å². The van der Waals surface area contributed by atoms with Gasteiger partial charge in [0.1, 0.15) is 12.1 Å². The van der Waals surface area contributed by atoms with Crippen LogP contribution < -0.4 is 21.7 Å². The second kappa shape index (κ2) is 11.7. The molecule has 0 aliphatic carbocycles. The quantitative estimate of drug-likeness (QED) is 0.301. The number of rotatable bonds is 11. The van der Waals surface area contributed by atoms with E-state index in [2.05, 4.69) is 16.0 Å². The Bertz CT molecular complexity index is 458. The number of aliphatic carboxylic acids is 1. The van der Waals surface area contributed by atoms with Crippen molar-refractivity contribution >= 4 is 35.5 Å². The van der Waals surface area contributed by atoms with Gasteiger partial charge in [-0.25, -0.2) is 4.79 Å². The topological polar surface area (TPSA) is 151 Å². The first-order chi connectivity index (χ1) is 11.2. The molecule has 0 aromatic heterocycles. The van der Waals surface area contributed by atoms with E-state index in [9.17, 15) is 19.2 Å². The first kappa shape index (κ1) is 22.2. The summed E-state index contributed by atoms with van der Waals surface area (Å²) in [5, 5.41) is 16.3. The number of amides is 3. The van der Waals surface area contributed by atoms with Crippen LogP contribution in [0.1, 0.15) is 20.3 Å². The number of nitrogens with two attached hydrogens (primary N) is 1. The third-order valence-electron chi connectivity index (χ3n) is 3.12. The lowest BCUT2D eigenvalue weighted by atomic mass is 10.0. The molecule has 2 unspecified atom stereocenters. The van der Waals surface area contributed by atoms with Gasteiger partial charge in [-0.2, -0.15) is 11.8 Å². The molecular formula is C14H26N4O5S. The van der Waals surface area contributed by atoms with Gasteiger partial charge in [0.15, 0.2) is 0 Å². The highest BCUT2D eigenvalue weighted by molar-refractivity contribution is 7.98. The number of nitrogens with one attached hydrogen (secondary N) is 3. The third-order valence-corrected chi connectivity index (χ3v) is 3.76. The van der Waals surface area contributed by atoms with Crippen molar-refractivity contribution in [3.63, 3.8) is 0 Å². The number of thioether (sulfide) groups is 1. The Morgan fingerprint density at radius 3 is 2.21 bits per heavy atom. The Labute approximate surface area is 145 Å². The lowest BCUT2D eigenvalue weighted by molar-refractivity contribution is -0.141. The molecular weight excluding hydrogens is 336 g/mol. The Hall–Kier alpha value is -1.81. The highest BCUT2D eigenvalue weighted by Crippen LogP contribution is 2.02. The Morgan fingerprint density at radius 1 is 1.12 bits per heavy atom. The zero-order valence-corrected chi connectivity index (χ0v) is 14.9. The first-order valence-corrected chi connectivity index (χ1v) is 8.90. The molecule has 6 N–H and O–H groups in total. The normalized spacial score (nSPS) is 13.0. The average Bonchev–Trinajstić information content (AvgIpc) is 2.53. The van der Waals surface area contributed by atoms with Crippen molar-refractivity contribution in [2.45, 2.75) is 32.4 Å². The minimum Gasteiger partial charge on any atom is -0.480 e. The second-order valence-corrected chi connectivity index (χ2v) is 6.44. The van der Waals surface area contributed by atoms with E-state index in [1.807, 2.05) is 6.26 Å². The van der Waals surface area contributed by atoms with Crippen LogP contribution in [-0.4, -0.2) is 66.0 Å². The number of carbonyl (C=O) groups is 4. The summed E-state index contributed by atoms with van der Waals surface area (Å²) in [6.45, 7) is 2.87. The second-order valence-electron chi connectivity index (χ2n) is 5.45. The smallest absolute Gasteiger partial charge is 0.326 e. The van der Waals surface area contributed by atoms with Gasteiger partial charge in [-0.3, -0.25) is 14.4 Å². The summed E-state index contributed by atoms with van der Waals surface area (Å²) in [5.74, 6) is -2.35. The van der Waals surface area contributed by atoms with Crippen LogP contribution in [0.4, 0.5) is 0 Å². The minimum absolute atomic E-state index is 0.197. The van der Waals surface area contributed by atoms with Gasteiger partial charge in [0.25, 0.3) is 0 Å². The summed E-state index contributed by atoms with van der Waals surface area (Å²) in [4.78, 5) is 46.2. The molecule has 0 aliphatic rings. The van der Waals surface area contributed by atoms with Crippen molar-refractivity contribution in [3.05, 3.63) is 0 Å². The van der Waals surface area contributed by atoms with Crippen LogP contribution in [0.5, 0.6) is 0 Å². The number of carboxylic acid groups (broad SMARTS) is 1. The highest BCUT2D eigenvalue weighted by Gasteiger charge is 2.25. The molecule has 138 valence electrons. The SMILES string of the molecule is CSCCC(NC(=O)CNC(=O)C(NC(=O)CN)C(C)C)C(=O)O. The number of hydrogen-bond donors (Lipinski definition) is 5. The fraction of sp³-hybridized carbons (Fsp3) is 0.714. The van der Waals surface area contributed by atoms with Gasteiger partial charge in [0.05, 0.1) is 13.1 Å². The van der Waals surface area contributed by atoms with Crippen molar-refractivity contribution in [3.8, 4) is 0 Å². The molecule has 0 bridgehead atoms. The Kier molecular flexibility index (Phi) is 10.8. The van der Waals surface area contributed by atoms with E-state index in [4.69, 9.17) is 10.8 Å². The molecule has 3 amide bonds. The number of carbonyl (C=O) groups excluding carboxylic acids is 3. The van der Waals surface area contributed by atoms with Gasteiger partial charge in [-0.05, 0) is 24.3 Å². The zero-order chi connectivity index (χ0) is 18.7. The van der Waals surface area contributed by atoms with Crippen molar-refractivity contribution < 1.29 is 24.3 Å². The summed E-state index contributed by atoms with van der Waals surface area (Å²) in [7, 11) is 0. The maximum atomic E-state index is 12.1. The zero-order valence-electron chi connectivity index (χ0n) is 14.1. The summed E-state index contributed by atoms with van der Waals surface area (Å²) in [6, 6.07) is -1.82. The fourth-order valence-corrected chi connectivity index (χ4v) is 2.25. The molecule has 0 aromatic carbocycles. The standard InChI is InChI=1S/C14H26N4O5S/c1-8(2)12(18-10(19)6-15)13(21)16-7-11(20)17-9(14(22)23)4-5-24-3/h8-9,12H,4-7,15H2,1-3H3,(H,16,21)(H,17,20)(H,18,19)(H,22,23). The van der Waals surface area contributed by atoms with Crippen LogP contribution in [0.2, 0.25) is 0 Å². The maximum Gasteiger partial charge on any atom is 0.326 e. The molecule has 0 aliphatic heterocycles. The van der Waals surface area contributed by atoms with E-state index in [0.29, 0.717) is 5.75 Å². The summed E-state index contributed by atoms with van der Waals surface area (Å²) >= 11 is 1.47. The molecule has 0 rings (SSSR count). The van der Waals surface area contributed by atoms with Gasteiger partial charge in [-0.15, -0.1) is 0 Å². The summed E-state index contributed by atoms with van der Waals surface area (Å²) < 4.78 is 0. The maximum absolute atomic E-state index is 12.1. The minimum atomic E-state index is -1.13. The van der Waals surface area contributed by atoms with E-state index < -0.39 is 35.8 Å². The van der Waals surface area contributed by atoms with Crippen molar-refractivity contribution in [2.24, 2.45) is 11.7 Å². The summed E-state index contributed by atoms with van der Waals surface area (Å²) in [5.41, 5.74) is 5.20. The molecule has 9 nitrogen and oxygen atoms in total. The molecule has 0 radical (unpaired) electrons. The lowest BCUT2D eigenvalue weighted by Crippen LogP contribution is -2.53.